The van der Waals surface area contributed by atoms with Crippen LogP contribution >= 0.6 is 24.0 Å². The molecule has 2 heterocycles. The van der Waals surface area contributed by atoms with E-state index in [1.54, 1.807) is 23.7 Å². The Morgan fingerprint density at radius 2 is 2.32 bits per heavy atom. The quantitative estimate of drug-likeness (QED) is 0.649. The van der Waals surface area contributed by atoms with Crippen molar-refractivity contribution in [3.63, 3.8) is 0 Å². The molecule has 0 aliphatic carbocycles. The molecule has 0 bridgehead atoms. The van der Waals surface area contributed by atoms with Gasteiger partial charge in [-0.05, 0) is 37.5 Å². The van der Waals surface area contributed by atoms with Crippen molar-refractivity contribution in [1.82, 2.24) is 20.2 Å². The Balaban J connectivity index is 2.02. The summed E-state index contributed by atoms with van der Waals surface area (Å²) in [6.45, 7) is 1.77. The van der Waals surface area contributed by atoms with Crippen LogP contribution in [0.3, 0.4) is 0 Å². The van der Waals surface area contributed by atoms with Crippen LogP contribution in [0.5, 0.6) is 0 Å². The third kappa shape index (κ3) is 3.12. The second kappa shape index (κ2) is 5.85. The molecule has 0 radical (unpaired) electrons. The third-order valence-electron chi connectivity index (χ3n) is 2.16. The molecule has 0 saturated carbocycles. The normalized spacial score (nSPS) is 10.2. The van der Waals surface area contributed by atoms with Crippen molar-refractivity contribution in [3.05, 3.63) is 30.0 Å². The van der Waals surface area contributed by atoms with Crippen LogP contribution < -0.4 is 10.7 Å². The van der Waals surface area contributed by atoms with E-state index < -0.39 is 5.91 Å². The number of thioether (sulfide) groups is 1. The fraction of sp³-hybridized carbons (Fsp3) is 0.200. The topological polar surface area (TPSA) is 85.0 Å². The SMILES string of the molecule is CSc1nnc(C)n1NC(=S)NC(=O)c1ccco1. The highest BCUT2D eigenvalue weighted by atomic mass is 32.2. The molecule has 7 nitrogen and oxygen atoms in total. The molecule has 0 aromatic carbocycles. The predicted molar refractivity (Wildman–Crippen MR) is 74.7 cm³/mol. The monoisotopic (exact) mass is 297 g/mol. The number of hydrogen-bond acceptors (Lipinski definition) is 6. The first-order chi connectivity index (χ1) is 9.11. The summed E-state index contributed by atoms with van der Waals surface area (Å²) >= 11 is 6.46. The van der Waals surface area contributed by atoms with Crippen molar-refractivity contribution in [2.24, 2.45) is 0 Å². The average molecular weight is 297 g/mol. The van der Waals surface area contributed by atoms with E-state index in [0.717, 1.165) is 0 Å². The molecular formula is C10H11N5O2S2. The zero-order valence-electron chi connectivity index (χ0n) is 10.2. The van der Waals surface area contributed by atoms with Crippen LogP contribution in [0.1, 0.15) is 16.4 Å². The van der Waals surface area contributed by atoms with Gasteiger partial charge in [-0.15, -0.1) is 10.2 Å². The Bertz CT molecular complexity index is 593. The van der Waals surface area contributed by atoms with Crippen molar-refractivity contribution in [2.75, 3.05) is 11.7 Å². The summed E-state index contributed by atoms with van der Waals surface area (Å²) in [4.78, 5) is 11.7. The Labute approximate surface area is 118 Å². The van der Waals surface area contributed by atoms with E-state index in [4.69, 9.17) is 16.6 Å². The van der Waals surface area contributed by atoms with Crippen molar-refractivity contribution < 1.29 is 9.21 Å². The number of carbonyl (C=O) groups is 1. The number of furan rings is 1. The van der Waals surface area contributed by atoms with Crippen LogP contribution in [0.15, 0.2) is 28.0 Å². The first kappa shape index (κ1) is 13.6. The van der Waals surface area contributed by atoms with Crippen molar-refractivity contribution >= 4 is 35.0 Å². The molecule has 0 saturated heterocycles. The Hall–Kier alpha value is -1.87. The largest absolute Gasteiger partial charge is 0.459 e. The summed E-state index contributed by atoms with van der Waals surface area (Å²) < 4.78 is 6.56. The van der Waals surface area contributed by atoms with Gasteiger partial charge in [-0.3, -0.25) is 15.5 Å². The minimum absolute atomic E-state index is 0.139. The van der Waals surface area contributed by atoms with Crippen molar-refractivity contribution in [2.45, 2.75) is 12.1 Å². The van der Waals surface area contributed by atoms with E-state index in [2.05, 4.69) is 20.9 Å². The van der Waals surface area contributed by atoms with Gasteiger partial charge < -0.3 is 4.42 Å². The first-order valence-electron chi connectivity index (χ1n) is 5.23. The van der Waals surface area contributed by atoms with Crippen LogP contribution in [0.2, 0.25) is 0 Å². The zero-order valence-corrected chi connectivity index (χ0v) is 11.8. The number of nitrogens with one attached hydrogen (secondary N) is 2. The molecule has 0 spiro atoms. The van der Waals surface area contributed by atoms with E-state index in [1.165, 1.54) is 18.0 Å². The smallest absolute Gasteiger partial charge is 0.293 e. The maximum atomic E-state index is 11.7. The summed E-state index contributed by atoms with van der Waals surface area (Å²) in [7, 11) is 0. The lowest BCUT2D eigenvalue weighted by atomic mass is 10.4. The average Bonchev–Trinajstić information content (AvgIpc) is 3.00. The molecule has 100 valence electrons. The molecule has 0 fully saturated rings. The van der Waals surface area contributed by atoms with Gasteiger partial charge in [0.15, 0.2) is 10.9 Å². The van der Waals surface area contributed by atoms with E-state index in [1.807, 2.05) is 6.26 Å². The van der Waals surface area contributed by atoms with Gasteiger partial charge in [0, 0.05) is 0 Å². The van der Waals surface area contributed by atoms with Gasteiger partial charge in [-0.1, -0.05) is 11.8 Å². The Morgan fingerprint density at radius 3 is 2.95 bits per heavy atom. The number of carbonyl (C=O) groups excluding carboxylic acids is 1. The van der Waals surface area contributed by atoms with E-state index >= 15 is 0 Å². The van der Waals surface area contributed by atoms with Crippen LogP contribution in [0, 0.1) is 6.92 Å². The van der Waals surface area contributed by atoms with Gasteiger partial charge in [-0.2, -0.15) is 0 Å². The van der Waals surface area contributed by atoms with Gasteiger partial charge in [0.2, 0.25) is 5.16 Å². The first-order valence-corrected chi connectivity index (χ1v) is 6.87. The number of amides is 1. The van der Waals surface area contributed by atoms with Crippen molar-refractivity contribution in [1.29, 1.82) is 0 Å². The Morgan fingerprint density at radius 1 is 1.53 bits per heavy atom. The molecular weight excluding hydrogens is 286 g/mol. The zero-order chi connectivity index (χ0) is 13.8. The van der Waals surface area contributed by atoms with Crippen LogP contribution in [0.25, 0.3) is 0 Å². The van der Waals surface area contributed by atoms with Gasteiger partial charge in [0.05, 0.1) is 6.26 Å². The molecule has 9 heteroatoms. The highest BCUT2D eigenvalue weighted by molar-refractivity contribution is 7.98. The van der Waals surface area contributed by atoms with Gasteiger partial charge in [0.25, 0.3) is 5.91 Å². The summed E-state index contributed by atoms with van der Waals surface area (Å²) in [6.07, 6.45) is 3.28. The second-order valence-corrected chi connectivity index (χ2v) is 4.62. The molecule has 2 rings (SSSR count). The number of aryl methyl sites for hydroxylation is 1. The number of thiocarbonyl (C=S) groups is 1. The molecule has 2 aromatic rings. The second-order valence-electron chi connectivity index (χ2n) is 3.44. The van der Waals surface area contributed by atoms with E-state index in [9.17, 15) is 4.79 Å². The molecule has 2 aromatic heterocycles. The van der Waals surface area contributed by atoms with Crippen molar-refractivity contribution in [3.8, 4) is 0 Å². The number of aromatic nitrogens is 3. The standard InChI is InChI=1S/C10H11N5O2S2/c1-6-12-13-10(19-2)15(6)14-9(18)11-8(16)7-4-3-5-17-7/h3-5H,1-2H3,(H2,11,14,16,18). The number of rotatable bonds is 3. The molecule has 0 unspecified atom stereocenters. The minimum atomic E-state index is -0.418. The highest BCUT2D eigenvalue weighted by Gasteiger charge is 2.13. The molecule has 0 aliphatic rings. The number of hydrogen-bond donors (Lipinski definition) is 2. The fourth-order valence-electron chi connectivity index (χ4n) is 1.31. The molecule has 19 heavy (non-hydrogen) atoms. The van der Waals surface area contributed by atoms with Gasteiger partial charge in [-0.25, -0.2) is 4.68 Å². The summed E-state index contributed by atoms with van der Waals surface area (Å²) in [5, 5.41) is 11.1. The third-order valence-corrected chi connectivity index (χ3v) is 2.99. The highest BCUT2D eigenvalue weighted by Crippen LogP contribution is 2.10. The lowest BCUT2D eigenvalue weighted by Gasteiger charge is -2.11. The molecule has 0 aliphatic heterocycles. The fourth-order valence-corrected chi connectivity index (χ4v) is 1.97. The van der Waals surface area contributed by atoms with E-state index in [0.29, 0.717) is 11.0 Å². The summed E-state index contributed by atoms with van der Waals surface area (Å²) in [6, 6.07) is 3.18. The van der Waals surface area contributed by atoms with Crippen LogP contribution in [-0.4, -0.2) is 32.1 Å². The van der Waals surface area contributed by atoms with E-state index in [-0.39, 0.29) is 10.9 Å². The number of nitrogens with zero attached hydrogens (tertiary/aromatic N) is 3. The van der Waals surface area contributed by atoms with Crippen LogP contribution in [-0.2, 0) is 0 Å². The van der Waals surface area contributed by atoms with Crippen LogP contribution in [0.4, 0.5) is 0 Å². The molecule has 2 N–H and O–H groups in total. The van der Waals surface area contributed by atoms with Gasteiger partial charge >= 0.3 is 0 Å². The summed E-state index contributed by atoms with van der Waals surface area (Å²) in [5.74, 6) is 0.410. The lowest BCUT2D eigenvalue weighted by Crippen LogP contribution is -2.38. The maximum absolute atomic E-state index is 11.7. The predicted octanol–water partition coefficient (Wildman–Crippen LogP) is 1.16. The molecule has 0 atom stereocenters. The summed E-state index contributed by atoms with van der Waals surface area (Å²) in [5.41, 5.74) is 2.83. The maximum Gasteiger partial charge on any atom is 0.293 e. The lowest BCUT2D eigenvalue weighted by molar-refractivity contribution is 0.0950. The molecule has 1 amide bonds. The minimum Gasteiger partial charge on any atom is -0.459 e. The Kier molecular flexibility index (Phi) is 4.17. The van der Waals surface area contributed by atoms with Gasteiger partial charge in [0.1, 0.15) is 5.82 Å².